The maximum Gasteiger partial charge on any atom is 0.416 e. The number of halogens is 6. The van der Waals surface area contributed by atoms with Gasteiger partial charge < -0.3 is 47.4 Å². The Hall–Kier alpha value is -10.3. The topological polar surface area (TPSA) is 284 Å². The van der Waals surface area contributed by atoms with Gasteiger partial charge in [-0.3, -0.25) is 19.4 Å². The number of nitrogens with two attached hydrogens (primary N) is 1. The molecule has 31 heteroatoms. The number of benzene rings is 4. The highest BCUT2D eigenvalue weighted by Gasteiger charge is 2.44. The molecular formula is C68H71F6N19O5S. The highest BCUT2D eigenvalue weighted by atomic mass is 32.2. The zero-order valence-electron chi connectivity index (χ0n) is 53.5. The zero-order valence-corrected chi connectivity index (χ0v) is 54.3. The van der Waals surface area contributed by atoms with E-state index in [1.165, 1.54) is 12.1 Å². The van der Waals surface area contributed by atoms with Crippen LogP contribution in [0.1, 0.15) is 86.7 Å². The lowest BCUT2D eigenvalue weighted by Crippen LogP contribution is -2.48. The minimum atomic E-state index is -4.50. The Labute approximate surface area is 568 Å². The van der Waals surface area contributed by atoms with Crippen molar-refractivity contribution >= 4 is 76.1 Å². The van der Waals surface area contributed by atoms with E-state index in [4.69, 9.17) is 15.7 Å². The Balaban J connectivity index is 0.000000198. The number of hydrogen-bond donors (Lipinski definition) is 7. The number of fused-ring (bicyclic) bond motifs is 9. The van der Waals surface area contributed by atoms with Crippen molar-refractivity contribution in [1.29, 1.82) is 0 Å². The van der Waals surface area contributed by atoms with Gasteiger partial charge in [0.1, 0.15) is 5.69 Å². The molecule has 8 amide bonds. The molecule has 0 saturated carbocycles. The number of carbonyl (C=O) groups excluding carboxylic acids is 5. The Morgan fingerprint density at radius 1 is 0.596 bits per heavy atom. The third-order valence-electron chi connectivity index (χ3n) is 18.3. The highest BCUT2D eigenvalue weighted by molar-refractivity contribution is 8.00. The molecule has 4 bridgehead atoms. The molecule has 8 aromatic rings. The molecular weight excluding hydrogens is 1310 g/mol. The van der Waals surface area contributed by atoms with Crippen molar-refractivity contribution in [3.05, 3.63) is 156 Å². The summed E-state index contributed by atoms with van der Waals surface area (Å²) in [4.78, 5) is 80.8. The molecule has 24 nitrogen and oxygen atoms in total. The number of alkyl halides is 6. The Bertz CT molecular complexity index is 4300. The number of nitrogens with zero attached hydrogens (tertiary/aromatic N) is 12. The van der Waals surface area contributed by atoms with E-state index in [-0.39, 0.29) is 61.1 Å². The van der Waals surface area contributed by atoms with Gasteiger partial charge in [0.2, 0.25) is 11.8 Å². The van der Waals surface area contributed by atoms with Gasteiger partial charge in [-0.25, -0.2) is 33.7 Å². The number of thioether (sulfide) groups is 1. The van der Waals surface area contributed by atoms with Crippen LogP contribution in [0, 0.1) is 0 Å². The Morgan fingerprint density at radius 3 is 1.67 bits per heavy atom. The van der Waals surface area contributed by atoms with Crippen molar-refractivity contribution in [2.45, 2.75) is 119 Å². The number of carbonyl (C=O) groups is 5. The van der Waals surface area contributed by atoms with Crippen molar-refractivity contribution in [2.75, 3.05) is 68.7 Å². The van der Waals surface area contributed by atoms with Crippen molar-refractivity contribution in [2.24, 2.45) is 5.73 Å². The Morgan fingerprint density at radius 2 is 1.12 bits per heavy atom. The Kier molecular flexibility index (Phi) is 19.7. The van der Waals surface area contributed by atoms with Gasteiger partial charge in [0.25, 0.3) is 0 Å². The van der Waals surface area contributed by atoms with E-state index in [0.29, 0.717) is 119 Å². The normalized spacial score (nSPS) is 18.7. The largest absolute Gasteiger partial charge is 0.416 e. The molecule has 6 aliphatic heterocycles. The predicted octanol–water partition coefficient (Wildman–Crippen LogP) is 10.4. The molecule has 0 aliphatic carbocycles. The van der Waals surface area contributed by atoms with Crippen LogP contribution in [0.4, 0.5) is 75.1 Å². The fraction of sp³-hybridized carbons (Fsp3) is 0.368. The van der Waals surface area contributed by atoms with E-state index < -0.39 is 29.5 Å². The van der Waals surface area contributed by atoms with E-state index in [1.807, 2.05) is 36.0 Å². The van der Waals surface area contributed by atoms with Crippen molar-refractivity contribution in [3.8, 4) is 33.9 Å². The van der Waals surface area contributed by atoms with E-state index in [1.54, 1.807) is 92.2 Å². The number of amides is 8. The van der Waals surface area contributed by atoms with Gasteiger partial charge in [0.15, 0.2) is 11.6 Å². The zero-order chi connectivity index (χ0) is 69.0. The van der Waals surface area contributed by atoms with Crippen LogP contribution >= 0.6 is 11.8 Å². The summed E-state index contributed by atoms with van der Waals surface area (Å²) < 4.78 is 83.4. The van der Waals surface area contributed by atoms with Crippen LogP contribution in [0.15, 0.2) is 134 Å². The van der Waals surface area contributed by atoms with E-state index in [9.17, 15) is 50.3 Å². The van der Waals surface area contributed by atoms with Crippen molar-refractivity contribution in [1.82, 2.24) is 61.2 Å². The van der Waals surface area contributed by atoms with Crippen LogP contribution in [0.3, 0.4) is 0 Å². The summed E-state index contributed by atoms with van der Waals surface area (Å²) in [6.07, 6.45) is 1.77. The lowest BCUT2D eigenvalue weighted by molar-refractivity contribution is -0.138. The third kappa shape index (κ3) is 15.5. The summed E-state index contributed by atoms with van der Waals surface area (Å²) in [7, 11) is 0. The summed E-state index contributed by atoms with van der Waals surface area (Å²) >= 11 is 1.88. The summed E-state index contributed by atoms with van der Waals surface area (Å²) in [5, 5.41) is 34.6. The second-order valence-corrected chi connectivity index (χ2v) is 26.3. The number of pyridine rings is 2. The standard InChI is InChI=1S/C42H48F3N11O4S.C26H23F3N8O/c43-42(44,45)27-9-6-8-26(20-27)32-15-16-34-39(49-32)56(31-17-19-54(34)24-31)41(60)48-28-10-7-11-30(21-28)55-23-29(52-53-55)22-47-37(58)13-2-1-5-18-46-36(57)14-4-3-12-35-38-33(25-61-35)50-40(59)51-38;27-26(28,29)17-4-1-3-16(11-17)22-7-8-23-24(32-22)37(21-9-10-35(23)15-21)25(38)31-18-5-2-6-20(12-18)36-14-19(13-30)33-34-36/h6-11,15-16,20-21,23,31,33,35,38H,1-5,12-14,17-19,22,24-25H2,(H,46,57)(H,47,58)(H,48,60)(H2,50,51,59);1-8,11-12,14,21H,9-10,13,15,30H2,(H,31,38)/t31-,33-,35-,38-;21-/m00/s1. The van der Waals surface area contributed by atoms with Crippen LogP contribution in [-0.4, -0.2) is 138 Å². The minimum Gasteiger partial charge on any atom is -0.366 e. The first-order valence-electron chi connectivity index (χ1n) is 32.8. The smallest absolute Gasteiger partial charge is 0.366 e. The average molecular weight is 1380 g/mol. The molecule has 4 saturated heterocycles. The molecule has 516 valence electrons. The molecule has 0 radical (unpaired) electrons. The van der Waals surface area contributed by atoms with Crippen molar-refractivity contribution in [3.63, 3.8) is 0 Å². The maximum atomic E-state index is 13.9. The lowest BCUT2D eigenvalue weighted by atomic mass is 10.0. The number of unbranched alkanes of at least 4 members (excludes halogenated alkanes) is 3. The first kappa shape index (κ1) is 67.3. The number of aromatic nitrogens is 8. The van der Waals surface area contributed by atoms with Crippen LogP contribution < -0.4 is 57.2 Å². The molecule has 14 rings (SSSR count). The molecule has 5 atom stereocenters. The summed E-state index contributed by atoms with van der Waals surface area (Å²) in [6.45, 7) is 3.80. The molecule has 0 spiro atoms. The van der Waals surface area contributed by atoms with Gasteiger partial charge in [-0.05, 0) is 123 Å². The van der Waals surface area contributed by atoms with Crippen LogP contribution in [0.5, 0.6) is 0 Å². The summed E-state index contributed by atoms with van der Waals surface area (Å²) in [6, 6.07) is 30.5. The van der Waals surface area contributed by atoms with Crippen LogP contribution in [0.25, 0.3) is 33.9 Å². The van der Waals surface area contributed by atoms with Gasteiger partial charge >= 0.3 is 30.4 Å². The average Bonchev–Trinajstić information content (AvgIpc) is 1.66. The summed E-state index contributed by atoms with van der Waals surface area (Å²) in [5.41, 5.74) is 10.5. The van der Waals surface area contributed by atoms with Gasteiger partial charge in [0, 0.05) is 85.6 Å². The van der Waals surface area contributed by atoms with Gasteiger partial charge in [-0.15, -0.1) is 10.2 Å². The quantitative estimate of drug-likeness (QED) is 0.0212. The second-order valence-electron chi connectivity index (χ2n) is 25.0. The molecule has 8 N–H and O–H groups in total. The van der Waals surface area contributed by atoms with E-state index in [2.05, 4.69) is 62.3 Å². The van der Waals surface area contributed by atoms with Crippen LogP contribution in [0.2, 0.25) is 0 Å². The van der Waals surface area contributed by atoms with E-state index >= 15 is 0 Å². The van der Waals surface area contributed by atoms with E-state index in [0.717, 1.165) is 93.0 Å². The predicted molar refractivity (Wildman–Crippen MR) is 361 cm³/mol. The number of hydrogen-bond acceptors (Lipinski definition) is 15. The van der Waals surface area contributed by atoms with Gasteiger partial charge in [0.05, 0.1) is 94.1 Å². The molecule has 4 fully saturated rings. The second kappa shape index (κ2) is 29.0. The fourth-order valence-electron chi connectivity index (χ4n) is 13.3. The molecule has 10 heterocycles. The van der Waals surface area contributed by atoms with Gasteiger partial charge in [-0.1, -0.05) is 59.7 Å². The number of rotatable bonds is 20. The molecule has 99 heavy (non-hydrogen) atoms. The first-order chi connectivity index (χ1) is 47.8. The maximum absolute atomic E-state index is 13.9. The number of urea groups is 3. The number of nitrogens with one attached hydrogen (secondary N) is 6. The number of anilines is 6. The highest BCUT2D eigenvalue weighted by Crippen LogP contribution is 2.44. The van der Waals surface area contributed by atoms with Gasteiger partial charge in [-0.2, -0.15) is 38.1 Å². The molecule has 4 aromatic heterocycles. The fourth-order valence-corrected chi connectivity index (χ4v) is 14.8. The summed E-state index contributed by atoms with van der Waals surface area (Å²) in [5.74, 6) is 1.68. The SMILES string of the molecule is NCc1cn(-c2cccc(NC(=O)N3c4nc(-c5cccc(C(F)(F)F)c5)ccc4N4CC[C@H]3C4)c2)nn1.O=C(CCCC[C@@H]1SC[C@@H]2NC(=O)N[C@@H]21)NCCCCCC(=O)NCc1cn(-c2cccc(NC(=O)N3c4nc(-c5cccc(C(F)(F)F)c5)ccc4N4CC[C@H]3C4)c2)nn1. The first-order valence-corrected chi connectivity index (χ1v) is 33.9. The van der Waals surface area contributed by atoms with Crippen molar-refractivity contribution < 1.29 is 50.3 Å². The lowest BCUT2D eigenvalue weighted by Gasteiger charge is -2.36. The molecule has 6 aliphatic rings. The van der Waals surface area contributed by atoms with Crippen LogP contribution in [-0.2, 0) is 35.0 Å². The minimum absolute atomic E-state index is 0.0391. The monoisotopic (exact) mass is 1380 g/mol. The molecule has 4 aromatic carbocycles. The molecule has 0 unspecified atom stereocenters. The third-order valence-corrected chi connectivity index (χ3v) is 19.8.